The molecule has 2 aromatic heterocycles. The highest BCUT2D eigenvalue weighted by atomic mass is 35.5. The summed E-state index contributed by atoms with van der Waals surface area (Å²) in [6, 6.07) is 8.09. The molecule has 0 saturated carbocycles. The van der Waals surface area contributed by atoms with Crippen LogP contribution in [0.3, 0.4) is 0 Å². The normalized spacial score (nSPS) is 15.5. The van der Waals surface area contributed by atoms with Crippen molar-refractivity contribution in [1.82, 2.24) is 0 Å². The number of rotatable bonds is 2. The van der Waals surface area contributed by atoms with Gasteiger partial charge in [0.05, 0.1) is 4.34 Å². The minimum atomic E-state index is 0.586. The van der Waals surface area contributed by atoms with Crippen LogP contribution in [-0.2, 0) is 4.74 Å². The van der Waals surface area contributed by atoms with Crippen molar-refractivity contribution >= 4 is 45.4 Å². The molecule has 4 heteroatoms. The van der Waals surface area contributed by atoms with Crippen molar-refractivity contribution in [3.63, 3.8) is 0 Å². The van der Waals surface area contributed by atoms with E-state index in [1.807, 2.05) is 18.2 Å². The van der Waals surface area contributed by atoms with E-state index < -0.39 is 0 Å². The van der Waals surface area contributed by atoms with Gasteiger partial charge >= 0.3 is 0 Å². The highest BCUT2D eigenvalue weighted by Crippen LogP contribution is 2.42. The van der Waals surface area contributed by atoms with Crippen LogP contribution in [0.1, 0.15) is 9.75 Å². The van der Waals surface area contributed by atoms with E-state index in [0.29, 0.717) is 6.61 Å². The molecule has 0 aromatic carbocycles. The Hall–Kier alpha value is -1.03. The summed E-state index contributed by atoms with van der Waals surface area (Å²) in [6.45, 7) is 4.56. The van der Waals surface area contributed by atoms with Gasteiger partial charge in [-0.25, -0.2) is 0 Å². The van der Waals surface area contributed by atoms with Crippen molar-refractivity contribution < 1.29 is 4.74 Å². The maximum absolute atomic E-state index is 5.98. The third-order valence-electron chi connectivity index (χ3n) is 2.61. The zero-order valence-electron chi connectivity index (χ0n) is 8.90. The van der Waals surface area contributed by atoms with Gasteiger partial charge in [-0.1, -0.05) is 24.2 Å². The van der Waals surface area contributed by atoms with Crippen LogP contribution in [0, 0.1) is 0 Å². The van der Waals surface area contributed by atoms with E-state index in [9.17, 15) is 0 Å². The number of hydrogen-bond acceptors (Lipinski definition) is 3. The summed E-state index contributed by atoms with van der Waals surface area (Å²) in [7, 11) is 0. The van der Waals surface area contributed by atoms with Gasteiger partial charge in [0.15, 0.2) is 0 Å². The summed E-state index contributed by atoms with van der Waals surface area (Å²) in [6.07, 6.45) is 0. The van der Waals surface area contributed by atoms with Crippen LogP contribution in [0.2, 0.25) is 4.34 Å². The summed E-state index contributed by atoms with van der Waals surface area (Å²) < 4.78 is 6.37. The first kappa shape index (κ1) is 11.1. The quantitative estimate of drug-likeness (QED) is 0.759. The average Bonchev–Trinajstić information content (AvgIpc) is 2.97. The van der Waals surface area contributed by atoms with Crippen molar-refractivity contribution in [2.75, 3.05) is 6.61 Å². The molecule has 3 rings (SSSR count). The van der Waals surface area contributed by atoms with E-state index in [1.165, 1.54) is 10.5 Å². The second kappa shape index (κ2) is 4.33. The van der Waals surface area contributed by atoms with Gasteiger partial charge in [-0.05, 0) is 23.6 Å². The van der Waals surface area contributed by atoms with Crippen LogP contribution in [0.15, 0.2) is 42.0 Å². The van der Waals surface area contributed by atoms with E-state index in [4.69, 9.17) is 16.3 Å². The Labute approximate surface area is 113 Å². The van der Waals surface area contributed by atoms with Gasteiger partial charge in [0.25, 0.3) is 0 Å². The van der Waals surface area contributed by atoms with Gasteiger partial charge in [-0.15, -0.1) is 22.7 Å². The predicted octanol–water partition coefficient (Wildman–Crippen LogP) is 4.92. The van der Waals surface area contributed by atoms with Gasteiger partial charge in [-0.2, -0.15) is 0 Å². The van der Waals surface area contributed by atoms with Gasteiger partial charge in [0, 0.05) is 20.9 Å². The van der Waals surface area contributed by atoms with Crippen molar-refractivity contribution in [2.24, 2.45) is 0 Å². The van der Waals surface area contributed by atoms with Crippen LogP contribution in [-0.4, -0.2) is 6.61 Å². The van der Waals surface area contributed by atoms with Crippen LogP contribution < -0.4 is 0 Å². The lowest BCUT2D eigenvalue weighted by atomic mass is 10.1. The SMILES string of the molecule is C=C1OCC(c2ccc(Cl)s2)=C1c1cccs1. The van der Waals surface area contributed by atoms with E-state index in [-0.39, 0.29) is 0 Å². The number of allylic oxidation sites excluding steroid dienone is 1. The van der Waals surface area contributed by atoms with Crippen molar-refractivity contribution in [2.45, 2.75) is 0 Å². The minimum Gasteiger partial charge on any atom is -0.489 e. The van der Waals surface area contributed by atoms with Crippen LogP contribution in [0.5, 0.6) is 0 Å². The first-order valence-corrected chi connectivity index (χ1v) is 7.18. The number of ether oxygens (including phenoxy) is 1. The van der Waals surface area contributed by atoms with Gasteiger partial charge in [0.2, 0.25) is 0 Å². The lowest BCUT2D eigenvalue weighted by Crippen LogP contribution is -1.83. The fourth-order valence-electron chi connectivity index (χ4n) is 1.85. The van der Waals surface area contributed by atoms with Crippen LogP contribution in [0.25, 0.3) is 11.1 Å². The first-order chi connectivity index (χ1) is 8.25. The summed E-state index contributed by atoms with van der Waals surface area (Å²) in [5.74, 6) is 0.756. The molecule has 0 radical (unpaired) electrons. The topological polar surface area (TPSA) is 9.23 Å². The molecule has 1 aliphatic rings. The molecule has 0 N–H and O–H groups in total. The molecule has 86 valence electrons. The van der Waals surface area contributed by atoms with E-state index in [2.05, 4.69) is 18.0 Å². The lowest BCUT2D eigenvalue weighted by Gasteiger charge is -2.00. The maximum atomic E-state index is 5.98. The fraction of sp³-hybridized carbons (Fsp3) is 0.0769. The lowest BCUT2D eigenvalue weighted by molar-refractivity contribution is 0.287. The molecule has 1 nitrogen and oxygen atoms in total. The molecule has 17 heavy (non-hydrogen) atoms. The molecule has 3 heterocycles. The third kappa shape index (κ3) is 1.95. The number of halogens is 1. The molecule has 0 amide bonds. The van der Waals surface area contributed by atoms with E-state index in [0.717, 1.165) is 20.5 Å². The zero-order chi connectivity index (χ0) is 11.8. The Bertz CT molecular complexity index is 593. The smallest absolute Gasteiger partial charge is 0.121 e. The minimum absolute atomic E-state index is 0.586. The summed E-state index contributed by atoms with van der Waals surface area (Å²) >= 11 is 9.26. The Morgan fingerprint density at radius 2 is 2.12 bits per heavy atom. The Morgan fingerprint density at radius 1 is 1.24 bits per heavy atom. The molecule has 0 saturated heterocycles. The largest absolute Gasteiger partial charge is 0.489 e. The predicted molar refractivity (Wildman–Crippen MR) is 75.6 cm³/mol. The summed E-state index contributed by atoms with van der Waals surface area (Å²) in [5.41, 5.74) is 2.31. The number of thiophene rings is 2. The molecule has 0 bridgehead atoms. The van der Waals surface area contributed by atoms with Gasteiger partial charge < -0.3 is 4.74 Å². The highest BCUT2D eigenvalue weighted by Gasteiger charge is 2.24. The van der Waals surface area contributed by atoms with Crippen molar-refractivity contribution in [3.05, 3.63) is 56.1 Å². The zero-order valence-corrected chi connectivity index (χ0v) is 11.3. The van der Waals surface area contributed by atoms with Gasteiger partial charge in [0.1, 0.15) is 12.4 Å². The highest BCUT2D eigenvalue weighted by molar-refractivity contribution is 7.17. The molecule has 0 fully saturated rings. The fourth-order valence-corrected chi connectivity index (χ4v) is 3.74. The molecule has 1 aliphatic heterocycles. The molecular formula is C13H9ClOS2. The van der Waals surface area contributed by atoms with Crippen LogP contribution >= 0.6 is 34.3 Å². The molecule has 2 aromatic rings. The average molecular weight is 281 g/mol. The van der Waals surface area contributed by atoms with E-state index in [1.54, 1.807) is 22.7 Å². The molecule has 0 unspecified atom stereocenters. The molecular weight excluding hydrogens is 272 g/mol. The second-order valence-electron chi connectivity index (χ2n) is 3.65. The van der Waals surface area contributed by atoms with Gasteiger partial charge in [-0.3, -0.25) is 0 Å². The number of hydrogen-bond donors (Lipinski definition) is 0. The van der Waals surface area contributed by atoms with Crippen molar-refractivity contribution in [1.29, 1.82) is 0 Å². The second-order valence-corrected chi connectivity index (χ2v) is 6.31. The summed E-state index contributed by atoms with van der Waals surface area (Å²) in [4.78, 5) is 2.36. The maximum Gasteiger partial charge on any atom is 0.121 e. The summed E-state index contributed by atoms with van der Waals surface area (Å²) in [5, 5.41) is 2.06. The monoisotopic (exact) mass is 280 g/mol. The molecule has 0 aliphatic carbocycles. The van der Waals surface area contributed by atoms with Crippen molar-refractivity contribution in [3.8, 4) is 0 Å². The molecule has 0 spiro atoms. The standard InChI is InChI=1S/C13H9ClOS2/c1-8-13(11-3-2-6-16-11)9(7-15-8)10-4-5-12(14)17-10/h2-6H,1,7H2. The molecule has 0 atom stereocenters. The first-order valence-electron chi connectivity index (χ1n) is 5.10. The third-order valence-corrected chi connectivity index (χ3v) is 4.79. The van der Waals surface area contributed by atoms with E-state index >= 15 is 0 Å². The Balaban J connectivity index is 2.15. The Morgan fingerprint density at radius 3 is 2.76 bits per heavy atom. The Kier molecular flexibility index (Phi) is 2.82. The van der Waals surface area contributed by atoms with Crippen LogP contribution in [0.4, 0.5) is 0 Å².